The number of aromatic nitrogens is 1. The highest BCUT2D eigenvalue weighted by Crippen LogP contribution is 2.10. The summed E-state index contributed by atoms with van der Waals surface area (Å²) in [4.78, 5) is 19.6. The largest absolute Gasteiger partial charge is 0.453 e. The van der Waals surface area contributed by atoms with Crippen LogP contribution in [-0.4, -0.2) is 30.7 Å². The molecule has 1 aromatic carbocycles. The molecule has 0 saturated heterocycles. The van der Waals surface area contributed by atoms with Crippen molar-refractivity contribution in [3.63, 3.8) is 0 Å². The minimum absolute atomic E-state index is 0. The summed E-state index contributed by atoms with van der Waals surface area (Å²) in [5.74, 6) is 0.391. The van der Waals surface area contributed by atoms with Gasteiger partial charge in [0.15, 0.2) is 5.96 Å². The predicted molar refractivity (Wildman–Crippen MR) is 109 cm³/mol. The van der Waals surface area contributed by atoms with Crippen molar-refractivity contribution < 1.29 is 9.53 Å². The van der Waals surface area contributed by atoms with Gasteiger partial charge in [0.05, 0.1) is 13.7 Å². The van der Waals surface area contributed by atoms with Crippen LogP contribution in [0, 0.1) is 0 Å². The third kappa shape index (κ3) is 7.84. The molecule has 1 aromatic heterocycles. The molecule has 1 amide bonds. The molecule has 0 unspecified atom stereocenters. The number of ether oxygens (including phenoxy) is 1. The number of nitrogens with zero attached hydrogens (tertiary/aromatic N) is 2. The Labute approximate surface area is 164 Å². The first-order valence-corrected chi connectivity index (χ1v) is 7.55. The van der Waals surface area contributed by atoms with Gasteiger partial charge >= 0.3 is 6.09 Å². The van der Waals surface area contributed by atoms with Crippen LogP contribution in [0.1, 0.15) is 11.3 Å². The molecule has 0 aliphatic rings. The molecule has 0 spiro atoms. The summed E-state index contributed by atoms with van der Waals surface area (Å²) < 4.78 is 4.53. The first-order valence-electron chi connectivity index (χ1n) is 7.55. The maximum Gasteiger partial charge on any atom is 0.411 e. The van der Waals surface area contributed by atoms with Gasteiger partial charge in [-0.05, 0) is 29.8 Å². The zero-order chi connectivity index (χ0) is 17.2. The molecular formula is C17H22IN5O2. The van der Waals surface area contributed by atoms with Gasteiger partial charge in [-0.3, -0.25) is 10.3 Å². The Balaban J connectivity index is 0.00000312. The normalized spacial score (nSPS) is 10.5. The molecule has 0 bridgehead atoms. The number of halogens is 1. The number of nitrogens with one attached hydrogen (secondary N) is 2. The Bertz CT molecular complexity index is 677. The molecule has 0 radical (unpaired) electrons. The fourth-order valence-corrected chi connectivity index (χ4v) is 1.96. The summed E-state index contributed by atoms with van der Waals surface area (Å²) in [6.07, 6.45) is 2.05. The highest BCUT2D eigenvalue weighted by Gasteiger charge is 2.00. The van der Waals surface area contributed by atoms with Gasteiger partial charge in [-0.2, -0.15) is 0 Å². The van der Waals surface area contributed by atoms with Crippen molar-refractivity contribution in [3.8, 4) is 0 Å². The Morgan fingerprint density at radius 3 is 2.64 bits per heavy atom. The third-order valence-electron chi connectivity index (χ3n) is 3.23. The Kier molecular flexibility index (Phi) is 9.30. The van der Waals surface area contributed by atoms with E-state index in [1.807, 2.05) is 30.3 Å². The number of hydrogen-bond donors (Lipinski definition) is 3. The zero-order valence-electron chi connectivity index (χ0n) is 13.9. The first-order chi connectivity index (χ1) is 11.7. The molecule has 0 saturated carbocycles. The molecule has 0 atom stereocenters. The number of carbonyl (C=O) groups is 1. The minimum Gasteiger partial charge on any atom is -0.453 e. The van der Waals surface area contributed by atoms with Crippen molar-refractivity contribution in [2.75, 3.05) is 19.0 Å². The second-order valence-corrected chi connectivity index (χ2v) is 5.01. The van der Waals surface area contributed by atoms with Gasteiger partial charge in [-0.25, -0.2) is 9.79 Å². The molecule has 0 fully saturated rings. The number of benzene rings is 1. The average molecular weight is 455 g/mol. The third-order valence-corrected chi connectivity index (χ3v) is 3.23. The topological polar surface area (TPSA) is 102 Å². The Hall–Kier alpha value is -2.36. The van der Waals surface area contributed by atoms with Crippen molar-refractivity contribution in [3.05, 3.63) is 59.9 Å². The van der Waals surface area contributed by atoms with Crippen molar-refractivity contribution in [2.24, 2.45) is 10.7 Å². The number of carbonyl (C=O) groups excluding carboxylic acids is 1. The fraction of sp³-hybridized carbons (Fsp3) is 0.235. The van der Waals surface area contributed by atoms with E-state index in [0.717, 1.165) is 17.7 Å². The van der Waals surface area contributed by atoms with Crippen LogP contribution in [0.3, 0.4) is 0 Å². The summed E-state index contributed by atoms with van der Waals surface area (Å²) in [5.41, 5.74) is 8.50. The average Bonchev–Trinajstić information content (AvgIpc) is 2.62. The van der Waals surface area contributed by atoms with Gasteiger partial charge in [0.1, 0.15) is 0 Å². The lowest BCUT2D eigenvalue weighted by Crippen LogP contribution is -2.33. The maximum absolute atomic E-state index is 11.1. The molecule has 7 nitrogen and oxygen atoms in total. The van der Waals surface area contributed by atoms with Gasteiger partial charge in [-0.1, -0.05) is 18.2 Å². The first kappa shape index (κ1) is 20.7. The summed E-state index contributed by atoms with van der Waals surface area (Å²) in [7, 11) is 1.32. The summed E-state index contributed by atoms with van der Waals surface area (Å²) in [6.45, 7) is 1.13. The maximum atomic E-state index is 11.1. The molecular weight excluding hydrogens is 433 g/mol. The molecule has 134 valence electrons. The van der Waals surface area contributed by atoms with E-state index in [4.69, 9.17) is 5.73 Å². The number of guanidine groups is 1. The molecule has 0 aliphatic carbocycles. The number of nitrogens with two attached hydrogens (primary N) is 1. The van der Waals surface area contributed by atoms with Crippen LogP contribution in [0.2, 0.25) is 0 Å². The predicted octanol–water partition coefficient (Wildman–Crippen LogP) is 2.52. The van der Waals surface area contributed by atoms with Crippen molar-refractivity contribution in [1.82, 2.24) is 10.3 Å². The number of hydrogen-bond acceptors (Lipinski definition) is 4. The van der Waals surface area contributed by atoms with Gasteiger partial charge in [0.2, 0.25) is 0 Å². The number of pyridine rings is 1. The number of methoxy groups -OCH3 is 1. The molecule has 1 heterocycles. The van der Waals surface area contributed by atoms with E-state index < -0.39 is 6.09 Å². The summed E-state index contributed by atoms with van der Waals surface area (Å²) in [6, 6.07) is 13.1. The minimum atomic E-state index is -0.498. The molecule has 25 heavy (non-hydrogen) atoms. The number of amides is 1. The fourth-order valence-electron chi connectivity index (χ4n) is 1.96. The van der Waals surface area contributed by atoms with E-state index in [2.05, 4.69) is 25.3 Å². The van der Waals surface area contributed by atoms with E-state index in [1.54, 1.807) is 18.3 Å². The zero-order valence-corrected chi connectivity index (χ0v) is 16.3. The van der Waals surface area contributed by atoms with Crippen LogP contribution in [0.4, 0.5) is 10.5 Å². The standard InChI is InChI=1S/C17H21N5O2.HI/c1-24-17(23)22-15-7-5-13(6-8-15)12-21-16(18)20-11-9-14-4-2-3-10-19-14;/h2-8,10H,9,11-12H2,1H3,(H,22,23)(H3,18,20,21);1H. The second-order valence-electron chi connectivity index (χ2n) is 5.01. The van der Waals surface area contributed by atoms with Gasteiger partial charge in [0.25, 0.3) is 0 Å². The van der Waals surface area contributed by atoms with Crippen molar-refractivity contribution in [1.29, 1.82) is 0 Å². The van der Waals surface area contributed by atoms with E-state index in [0.29, 0.717) is 24.7 Å². The van der Waals surface area contributed by atoms with Crippen LogP contribution in [0.15, 0.2) is 53.7 Å². The van der Waals surface area contributed by atoms with E-state index in [-0.39, 0.29) is 24.0 Å². The SMILES string of the molecule is COC(=O)Nc1ccc(CN=C(N)NCCc2ccccn2)cc1.I. The molecule has 2 aromatic rings. The van der Waals surface area contributed by atoms with Crippen LogP contribution >= 0.6 is 24.0 Å². The summed E-state index contributed by atoms with van der Waals surface area (Å²) >= 11 is 0. The highest BCUT2D eigenvalue weighted by atomic mass is 127. The number of anilines is 1. The molecule has 4 N–H and O–H groups in total. The van der Waals surface area contributed by atoms with Crippen molar-refractivity contribution >= 4 is 41.7 Å². The van der Waals surface area contributed by atoms with E-state index in [1.165, 1.54) is 7.11 Å². The summed E-state index contributed by atoms with van der Waals surface area (Å²) in [5, 5.41) is 5.65. The molecule has 0 aliphatic heterocycles. The van der Waals surface area contributed by atoms with Crippen LogP contribution < -0.4 is 16.4 Å². The molecule has 2 rings (SSSR count). The quantitative estimate of drug-likeness (QED) is 0.353. The highest BCUT2D eigenvalue weighted by molar-refractivity contribution is 14.0. The van der Waals surface area contributed by atoms with Crippen LogP contribution in [-0.2, 0) is 17.7 Å². The van der Waals surface area contributed by atoms with Crippen molar-refractivity contribution in [2.45, 2.75) is 13.0 Å². The van der Waals surface area contributed by atoms with E-state index in [9.17, 15) is 4.79 Å². The van der Waals surface area contributed by atoms with E-state index >= 15 is 0 Å². The number of rotatable bonds is 6. The van der Waals surface area contributed by atoms with Crippen LogP contribution in [0.5, 0.6) is 0 Å². The smallest absolute Gasteiger partial charge is 0.411 e. The van der Waals surface area contributed by atoms with Gasteiger partial charge < -0.3 is 15.8 Å². The lowest BCUT2D eigenvalue weighted by Gasteiger charge is -2.06. The lowest BCUT2D eigenvalue weighted by atomic mass is 10.2. The Morgan fingerprint density at radius 2 is 2.00 bits per heavy atom. The lowest BCUT2D eigenvalue weighted by molar-refractivity contribution is 0.187. The van der Waals surface area contributed by atoms with Gasteiger partial charge in [0, 0.05) is 30.5 Å². The molecule has 8 heteroatoms. The monoisotopic (exact) mass is 455 g/mol. The van der Waals surface area contributed by atoms with Crippen LogP contribution in [0.25, 0.3) is 0 Å². The Morgan fingerprint density at radius 1 is 1.24 bits per heavy atom. The van der Waals surface area contributed by atoms with Gasteiger partial charge in [-0.15, -0.1) is 24.0 Å². The second kappa shape index (κ2) is 11.2. The number of aliphatic imine (C=N–C) groups is 1.